The molecule has 2 atom stereocenters. The molecule has 1 amide bonds. The van der Waals surface area contributed by atoms with Crippen LogP contribution in [0.2, 0.25) is 0 Å². The average Bonchev–Trinajstić information content (AvgIpc) is 2.72. The quantitative estimate of drug-likeness (QED) is 0.810. The summed E-state index contributed by atoms with van der Waals surface area (Å²) >= 11 is 1.64. The number of amides is 1. The summed E-state index contributed by atoms with van der Waals surface area (Å²) in [4.78, 5) is 20.4. The lowest BCUT2D eigenvalue weighted by Crippen LogP contribution is -2.52. The summed E-state index contributed by atoms with van der Waals surface area (Å²) < 4.78 is 0. The van der Waals surface area contributed by atoms with E-state index < -0.39 is 5.54 Å². The second-order valence-corrected chi connectivity index (χ2v) is 6.38. The first-order chi connectivity index (χ1) is 8.95. The summed E-state index contributed by atoms with van der Waals surface area (Å²) in [5.41, 5.74) is 6.90. The highest BCUT2D eigenvalue weighted by atomic mass is 32.2. The Hall–Kier alpha value is -1.14. The number of primary amides is 1. The highest BCUT2D eigenvalue weighted by Crippen LogP contribution is 2.39. The third kappa shape index (κ3) is 3.06. The lowest BCUT2D eigenvalue weighted by atomic mass is 9.97. The first kappa shape index (κ1) is 14.3. The summed E-state index contributed by atoms with van der Waals surface area (Å²) in [7, 11) is 1.80. The molecule has 0 spiro atoms. The van der Waals surface area contributed by atoms with Gasteiger partial charge in [0, 0.05) is 16.6 Å². The summed E-state index contributed by atoms with van der Waals surface area (Å²) in [6.07, 6.45) is 2.46. The molecule has 1 fully saturated rings. The maximum atomic E-state index is 11.6. The number of carbonyl (C=O) groups excluding carboxylic acids is 1. The summed E-state index contributed by atoms with van der Waals surface area (Å²) in [5, 5.41) is 4.21. The van der Waals surface area contributed by atoms with Gasteiger partial charge in [-0.3, -0.25) is 4.79 Å². The molecule has 1 aliphatic rings. The normalized spacial score (nSPS) is 26.6. The number of rotatable bonds is 4. The van der Waals surface area contributed by atoms with Crippen LogP contribution in [0.1, 0.15) is 30.7 Å². The number of hydrogen-bond donors (Lipinski definition) is 2. The number of thioether (sulfide) groups is 1. The van der Waals surface area contributed by atoms with Crippen LogP contribution in [0.5, 0.6) is 0 Å². The maximum Gasteiger partial charge on any atom is 0.237 e. The van der Waals surface area contributed by atoms with Crippen LogP contribution in [-0.4, -0.2) is 33.7 Å². The van der Waals surface area contributed by atoms with Gasteiger partial charge in [0.1, 0.15) is 0 Å². The number of aryl methyl sites for hydroxylation is 2. The largest absolute Gasteiger partial charge is 0.368 e. The van der Waals surface area contributed by atoms with Gasteiger partial charge < -0.3 is 11.1 Å². The van der Waals surface area contributed by atoms with Crippen LogP contribution >= 0.6 is 11.8 Å². The highest BCUT2D eigenvalue weighted by Gasteiger charge is 2.43. The average molecular weight is 280 g/mol. The van der Waals surface area contributed by atoms with E-state index in [1.807, 2.05) is 19.9 Å². The van der Waals surface area contributed by atoms with Crippen molar-refractivity contribution in [3.63, 3.8) is 0 Å². The Labute approximate surface area is 117 Å². The molecule has 1 aliphatic carbocycles. The van der Waals surface area contributed by atoms with Gasteiger partial charge in [-0.1, -0.05) is 11.8 Å². The lowest BCUT2D eigenvalue weighted by Gasteiger charge is -2.24. The first-order valence-corrected chi connectivity index (χ1v) is 7.31. The van der Waals surface area contributed by atoms with E-state index in [1.165, 1.54) is 0 Å². The molecule has 2 rings (SSSR count). The number of nitrogens with one attached hydrogen (secondary N) is 1. The summed E-state index contributed by atoms with van der Waals surface area (Å²) in [6.45, 7) is 3.93. The molecule has 0 saturated heterocycles. The van der Waals surface area contributed by atoms with Gasteiger partial charge in [-0.15, -0.1) is 0 Å². The van der Waals surface area contributed by atoms with Crippen molar-refractivity contribution >= 4 is 17.7 Å². The van der Waals surface area contributed by atoms with Crippen molar-refractivity contribution < 1.29 is 4.79 Å². The Balaban J connectivity index is 2.08. The van der Waals surface area contributed by atoms with Crippen LogP contribution in [-0.2, 0) is 4.79 Å². The van der Waals surface area contributed by atoms with Crippen LogP contribution in [0.3, 0.4) is 0 Å². The minimum atomic E-state index is -0.559. The van der Waals surface area contributed by atoms with Crippen LogP contribution in [0.4, 0.5) is 0 Å². The monoisotopic (exact) mass is 280 g/mol. The molecule has 6 heteroatoms. The fourth-order valence-corrected chi connectivity index (χ4v) is 3.87. The predicted octanol–water partition coefficient (Wildman–Crippen LogP) is 1.18. The molecule has 19 heavy (non-hydrogen) atoms. The minimum absolute atomic E-state index is 0.264. The number of likely N-dealkylation sites (N-methyl/N-ethyl adjacent to an activating group) is 1. The van der Waals surface area contributed by atoms with E-state index in [4.69, 9.17) is 5.73 Å². The molecule has 2 unspecified atom stereocenters. The Bertz CT molecular complexity index is 473. The second kappa shape index (κ2) is 5.46. The fourth-order valence-electron chi connectivity index (χ4n) is 2.57. The van der Waals surface area contributed by atoms with Gasteiger partial charge in [0.15, 0.2) is 5.16 Å². The molecular formula is C13H20N4OS. The van der Waals surface area contributed by atoms with Crippen LogP contribution in [0, 0.1) is 13.8 Å². The Kier molecular flexibility index (Phi) is 4.10. The summed E-state index contributed by atoms with van der Waals surface area (Å²) in [6, 6.07) is 1.96. The molecule has 1 saturated carbocycles. The number of nitrogens with two attached hydrogens (primary N) is 1. The van der Waals surface area contributed by atoms with Crippen molar-refractivity contribution in [1.82, 2.24) is 15.3 Å². The van der Waals surface area contributed by atoms with E-state index in [1.54, 1.807) is 18.8 Å². The second-order valence-electron chi connectivity index (χ2n) is 5.11. The zero-order valence-electron chi connectivity index (χ0n) is 11.6. The smallest absolute Gasteiger partial charge is 0.237 e. The SMILES string of the molecule is CNC1(C(N)=O)CCC(Sc2nc(C)cc(C)n2)C1. The summed E-state index contributed by atoms with van der Waals surface area (Å²) in [5.74, 6) is -0.264. The zero-order valence-corrected chi connectivity index (χ0v) is 12.4. The predicted molar refractivity (Wildman–Crippen MR) is 76.0 cm³/mol. The van der Waals surface area contributed by atoms with E-state index in [9.17, 15) is 4.79 Å². The van der Waals surface area contributed by atoms with Crippen molar-refractivity contribution in [1.29, 1.82) is 0 Å². The van der Waals surface area contributed by atoms with Gasteiger partial charge in [-0.05, 0) is 46.2 Å². The molecule has 3 N–H and O–H groups in total. The molecule has 104 valence electrons. The van der Waals surface area contributed by atoms with Crippen LogP contribution in [0.15, 0.2) is 11.2 Å². The first-order valence-electron chi connectivity index (χ1n) is 6.43. The molecule has 5 nitrogen and oxygen atoms in total. The van der Waals surface area contributed by atoms with Gasteiger partial charge in [0.2, 0.25) is 5.91 Å². The van der Waals surface area contributed by atoms with Gasteiger partial charge in [0.05, 0.1) is 5.54 Å². The van der Waals surface area contributed by atoms with E-state index in [0.717, 1.165) is 35.8 Å². The molecule has 0 aromatic carbocycles. The van der Waals surface area contributed by atoms with Crippen molar-refractivity contribution in [2.75, 3.05) is 7.05 Å². The van der Waals surface area contributed by atoms with Crippen LogP contribution < -0.4 is 11.1 Å². The number of hydrogen-bond acceptors (Lipinski definition) is 5. The van der Waals surface area contributed by atoms with E-state index >= 15 is 0 Å². The molecule has 0 radical (unpaired) electrons. The van der Waals surface area contributed by atoms with Crippen molar-refractivity contribution in [3.05, 3.63) is 17.5 Å². The third-order valence-corrected chi connectivity index (χ3v) is 4.78. The standard InChI is InChI=1S/C13H20N4OS/c1-8-6-9(2)17-12(16-8)19-10-4-5-13(7-10,15-3)11(14)18/h6,10,15H,4-5,7H2,1-3H3,(H2,14,18). The van der Waals surface area contributed by atoms with Gasteiger partial charge in [-0.2, -0.15) is 0 Å². The van der Waals surface area contributed by atoms with Gasteiger partial charge in [-0.25, -0.2) is 9.97 Å². The highest BCUT2D eigenvalue weighted by molar-refractivity contribution is 7.99. The maximum absolute atomic E-state index is 11.6. The molecule has 1 heterocycles. The third-order valence-electron chi connectivity index (χ3n) is 3.65. The topological polar surface area (TPSA) is 80.9 Å². The van der Waals surface area contributed by atoms with E-state index in [0.29, 0.717) is 5.25 Å². The molecule has 0 bridgehead atoms. The van der Waals surface area contributed by atoms with Crippen molar-refractivity contribution in [2.24, 2.45) is 5.73 Å². The van der Waals surface area contributed by atoms with Crippen LogP contribution in [0.25, 0.3) is 0 Å². The Morgan fingerprint density at radius 1 is 1.47 bits per heavy atom. The van der Waals surface area contributed by atoms with Gasteiger partial charge >= 0.3 is 0 Å². The fraction of sp³-hybridized carbons (Fsp3) is 0.615. The zero-order chi connectivity index (χ0) is 14.0. The number of nitrogens with zero attached hydrogens (tertiary/aromatic N) is 2. The molecule has 1 aromatic heterocycles. The number of aromatic nitrogens is 2. The molecule has 0 aliphatic heterocycles. The van der Waals surface area contributed by atoms with Crippen molar-refractivity contribution in [3.8, 4) is 0 Å². The molecular weight excluding hydrogens is 260 g/mol. The minimum Gasteiger partial charge on any atom is -0.368 e. The van der Waals surface area contributed by atoms with E-state index in [2.05, 4.69) is 15.3 Å². The Morgan fingerprint density at radius 2 is 2.11 bits per heavy atom. The number of carbonyl (C=O) groups is 1. The molecule has 1 aromatic rings. The lowest BCUT2D eigenvalue weighted by molar-refractivity contribution is -0.124. The Morgan fingerprint density at radius 3 is 2.58 bits per heavy atom. The van der Waals surface area contributed by atoms with E-state index in [-0.39, 0.29) is 5.91 Å². The van der Waals surface area contributed by atoms with Crippen molar-refractivity contribution in [2.45, 2.75) is 49.1 Å². The van der Waals surface area contributed by atoms with Gasteiger partial charge in [0.25, 0.3) is 0 Å².